The molecule has 0 aromatic carbocycles. The van der Waals surface area contributed by atoms with E-state index in [0.29, 0.717) is 5.56 Å². The molecule has 0 saturated carbocycles. The first-order valence-corrected chi connectivity index (χ1v) is 4.06. The van der Waals surface area contributed by atoms with E-state index in [-0.39, 0.29) is 17.4 Å². The number of carbonyl (C=O) groups is 1. The first-order chi connectivity index (χ1) is 6.16. The molecule has 3 nitrogen and oxygen atoms in total. The molecule has 1 rings (SSSR count). The highest BCUT2D eigenvalue weighted by molar-refractivity contribution is 5.99. The number of hydrogen-bond donors (Lipinski definition) is 0. The van der Waals surface area contributed by atoms with Gasteiger partial charge in [0.25, 0.3) is 0 Å². The van der Waals surface area contributed by atoms with E-state index in [2.05, 4.69) is 4.98 Å². The summed E-state index contributed by atoms with van der Waals surface area (Å²) in [5, 5.41) is 8.68. The van der Waals surface area contributed by atoms with Gasteiger partial charge in [0.05, 0.1) is 5.56 Å². The van der Waals surface area contributed by atoms with Crippen LogP contribution in [0, 0.1) is 17.2 Å². The number of aromatic nitrogens is 1. The van der Waals surface area contributed by atoms with Gasteiger partial charge in [-0.1, -0.05) is 13.8 Å². The molecule has 1 heterocycles. The normalized spacial score (nSPS) is 9.69. The Kier molecular flexibility index (Phi) is 2.76. The van der Waals surface area contributed by atoms with Crippen LogP contribution in [-0.2, 0) is 0 Å². The Morgan fingerprint density at radius 3 is 2.85 bits per heavy atom. The van der Waals surface area contributed by atoms with Crippen LogP contribution in [0.2, 0.25) is 0 Å². The summed E-state index contributed by atoms with van der Waals surface area (Å²) < 4.78 is 0. The minimum absolute atomic E-state index is 0.0374. The Morgan fingerprint density at radius 2 is 2.31 bits per heavy atom. The molecule has 13 heavy (non-hydrogen) atoms. The molecule has 0 fully saturated rings. The van der Waals surface area contributed by atoms with Crippen molar-refractivity contribution in [1.82, 2.24) is 4.98 Å². The Balaban J connectivity index is 3.15. The zero-order chi connectivity index (χ0) is 9.84. The van der Waals surface area contributed by atoms with Crippen LogP contribution >= 0.6 is 0 Å². The predicted molar refractivity (Wildman–Crippen MR) is 48.1 cm³/mol. The average molecular weight is 174 g/mol. The van der Waals surface area contributed by atoms with Gasteiger partial charge in [-0.3, -0.25) is 4.79 Å². The summed E-state index contributed by atoms with van der Waals surface area (Å²) in [5.74, 6) is -0.138. The van der Waals surface area contributed by atoms with Crippen LogP contribution in [0.5, 0.6) is 0 Å². The number of pyridine rings is 1. The monoisotopic (exact) mass is 174 g/mol. The van der Waals surface area contributed by atoms with Crippen molar-refractivity contribution in [1.29, 1.82) is 5.26 Å². The summed E-state index contributed by atoms with van der Waals surface area (Å²) in [6.45, 7) is 3.60. The number of nitrogens with zero attached hydrogens (tertiary/aromatic N) is 2. The molecule has 0 bridgehead atoms. The third-order valence-electron chi connectivity index (χ3n) is 1.70. The van der Waals surface area contributed by atoms with Crippen LogP contribution in [0.4, 0.5) is 0 Å². The molecule has 0 aliphatic rings. The van der Waals surface area contributed by atoms with Gasteiger partial charge in [-0.05, 0) is 12.1 Å². The second kappa shape index (κ2) is 3.81. The second-order valence-corrected chi connectivity index (χ2v) is 3.03. The van der Waals surface area contributed by atoms with E-state index < -0.39 is 0 Å². The van der Waals surface area contributed by atoms with Crippen molar-refractivity contribution >= 4 is 5.78 Å². The lowest BCUT2D eigenvalue weighted by Crippen LogP contribution is -2.10. The molecule has 1 aromatic rings. The minimum Gasteiger partial charge on any atom is -0.294 e. The maximum atomic E-state index is 11.5. The fourth-order valence-corrected chi connectivity index (χ4v) is 1.00. The zero-order valence-corrected chi connectivity index (χ0v) is 7.61. The van der Waals surface area contributed by atoms with Gasteiger partial charge in [-0.25, -0.2) is 4.98 Å². The van der Waals surface area contributed by atoms with E-state index in [4.69, 9.17) is 5.26 Å². The van der Waals surface area contributed by atoms with Crippen LogP contribution in [0.25, 0.3) is 0 Å². The maximum absolute atomic E-state index is 11.5. The quantitative estimate of drug-likeness (QED) is 0.642. The fourth-order valence-electron chi connectivity index (χ4n) is 1.00. The number of nitriles is 1. The fraction of sp³-hybridized carbons (Fsp3) is 0.300. The van der Waals surface area contributed by atoms with Crippen LogP contribution in [0.3, 0.4) is 0 Å². The van der Waals surface area contributed by atoms with E-state index in [0.717, 1.165) is 0 Å². The van der Waals surface area contributed by atoms with Crippen molar-refractivity contribution < 1.29 is 4.79 Å². The topological polar surface area (TPSA) is 53.8 Å². The number of rotatable bonds is 2. The molecular weight excluding hydrogens is 164 g/mol. The highest BCUT2D eigenvalue weighted by atomic mass is 16.1. The largest absolute Gasteiger partial charge is 0.294 e. The maximum Gasteiger partial charge on any atom is 0.168 e. The molecule has 0 aliphatic heterocycles. The first-order valence-electron chi connectivity index (χ1n) is 4.06. The molecule has 66 valence electrons. The molecule has 0 saturated heterocycles. The van der Waals surface area contributed by atoms with E-state index in [1.807, 2.05) is 6.07 Å². The first kappa shape index (κ1) is 9.40. The Labute approximate surface area is 77.0 Å². The van der Waals surface area contributed by atoms with Crippen molar-refractivity contribution in [3.05, 3.63) is 29.6 Å². The average Bonchev–Trinajstić information content (AvgIpc) is 2.16. The van der Waals surface area contributed by atoms with Gasteiger partial charge >= 0.3 is 0 Å². The molecule has 0 N–H and O–H groups in total. The molecule has 0 spiro atoms. The van der Waals surface area contributed by atoms with Gasteiger partial charge in [0.15, 0.2) is 11.5 Å². The SMILES string of the molecule is CC(C)C(=O)c1cccnc1C#N. The standard InChI is InChI=1S/C10H10N2O/c1-7(2)10(13)8-4-3-5-12-9(8)6-11/h3-5,7H,1-2H3. The third-order valence-corrected chi connectivity index (χ3v) is 1.70. The third kappa shape index (κ3) is 1.91. The molecule has 0 radical (unpaired) electrons. The van der Waals surface area contributed by atoms with Gasteiger partial charge in [-0.15, -0.1) is 0 Å². The van der Waals surface area contributed by atoms with E-state index in [1.165, 1.54) is 6.20 Å². The van der Waals surface area contributed by atoms with Gasteiger partial charge in [0.2, 0.25) is 0 Å². The smallest absolute Gasteiger partial charge is 0.168 e. The van der Waals surface area contributed by atoms with E-state index in [9.17, 15) is 4.79 Å². The van der Waals surface area contributed by atoms with Crippen LogP contribution < -0.4 is 0 Å². The number of Topliss-reactive ketones (excluding diaryl/α,β-unsaturated/α-hetero) is 1. The van der Waals surface area contributed by atoms with Crippen molar-refractivity contribution in [2.75, 3.05) is 0 Å². The van der Waals surface area contributed by atoms with Crippen molar-refractivity contribution in [2.45, 2.75) is 13.8 Å². The Morgan fingerprint density at radius 1 is 1.62 bits per heavy atom. The van der Waals surface area contributed by atoms with Crippen molar-refractivity contribution in [3.8, 4) is 6.07 Å². The summed E-state index contributed by atoms with van der Waals surface area (Å²) in [6.07, 6.45) is 1.51. The summed E-state index contributed by atoms with van der Waals surface area (Å²) in [7, 11) is 0. The number of carbonyl (C=O) groups excluding carboxylic acids is 1. The molecule has 0 unspecified atom stereocenters. The molecule has 0 aliphatic carbocycles. The van der Waals surface area contributed by atoms with Crippen LogP contribution in [0.1, 0.15) is 29.9 Å². The summed E-state index contributed by atoms with van der Waals surface area (Å²) >= 11 is 0. The summed E-state index contributed by atoms with van der Waals surface area (Å²) in [5.41, 5.74) is 0.626. The van der Waals surface area contributed by atoms with E-state index in [1.54, 1.807) is 26.0 Å². The summed E-state index contributed by atoms with van der Waals surface area (Å²) in [6, 6.07) is 5.20. The van der Waals surface area contributed by atoms with Gasteiger partial charge in [0.1, 0.15) is 6.07 Å². The lowest BCUT2D eigenvalue weighted by molar-refractivity contribution is 0.0938. The van der Waals surface area contributed by atoms with E-state index >= 15 is 0 Å². The highest BCUT2D eigenvalue weighted by Gasteiger charge is 2.14. The van der Waals surface area contributed by atoms with Crippen LogP contribution in [-0.4, -0.2) is 10.8 Å². The minimum atomic E-state index is -0.101. The number of hydrogen-bond acceptors (Lipinski definition) is 3. The molecular formula is C10H10N2O. The highest BCUT2D eigenvalue weighted by Crippen LogP contribution is 2.10. The Hall–Kier alpha value is -1.69. The van der Waals surface area contributed by atoms with Gasteiger partial charge < -0.3 is 0 Å². The predicted octanol–water partition coefficient (Wildman–Crippen LogP) is 1.79. The van der Waals surface area contributed by atoms with Gasteiger partial charge in [-0.2, -0.15) is 5.26 Å². The lowest BCUT2D eigenvalue weighted by atomic mass is 10.0. The van der Waals surface area contributed by atoms with Crippen LogP contribution in [0.15, 0.2) is 18.3 Å². The zero-order valence-electron chi connectivity index (χ0n) is 7.61. The van der Waals surface area contributed by atoms with Crippen molar-refractivity contribution in [2.24, 2.45) is 5.92 Å². The number of ketones is 1. The molecule has 0 atom stereocenters. The lowest BCUT2D eigenvalue weighted by Gasteiger charge is -2.03. The van der Waals surface area contributed by atoms with Gasteiger partial charge in [0, 0.05) is 12.1 Å². The summed E-state index contributed by atoms with van der Waals surface area (Å²) in [4.78, 5) is 15.4. The second-order valence-electron chi connectivity index (χ2n) is 3.03. The molecule has 3 heteroatoms. The molecule has 1 aromatic heterocycles. The molecule has 0 amide bonds. The Bertz CT molecular complexity index is 363. The van der Waals surface area contributed by atoms with Crippen molar-refractivity contribution in [3.63, 3.8) is 0 Å².